The molecule has 0 aliphatic carbocycles. The summed E-state index contributed by atoms with van der Waals surface area (Å²) in [6.45, 7) is 0. The Morgan fingerprint density at radius 1 is 0.903 bits per heavy atom. The topological polar surface area (TPSA) is 110 Å². The van der Waals surface area contributed by atoms with E-state index < -0.39 is 47.4 Å². The first-order valence-corrected chi connectivity index (χ1v) is 9.67. The van der Waals surface area contributed by atoms with Crippen molar-refractivity contribution in [1.82, 2.24) is 0 Å². The van der Waals surface area contributed by atoms with E-state index >= 15 is 0 Å². The van der Waals surface area contributed by atoms with Crippen molar-refractivity contribution in [1.29, 1.82) is 0 Å². The van der Waals surface area contributed by atoms with Crippen molar-refractivity contribution >= 4 is 46.8 Å². The largest absolute Gasteiger partial charge is 0.490 e. The maximum Gasteiger partial charge on any atom is 0.490 e. The van der Waals surface area contributed by atoms with Gasteiger partial charge in [-0.25, -0.2) is 21.7 Å². The summed E-state index contributed by atoms with van der Waals surface area (Å²) < 4.78 is 63.3. The highest BCUT2D eigenvalue weighted by atomic mass is 32.2. The van der Waals surface area contributed by atoms with Crippen LogP contribution in [0.4, 0.5) is 30.2 Å². The Labute approximate surface area is 177 Å². The zero-order chi connectivity index (χ0) is 22.7. The molecule has 4 N–H and O–H groups in total. The van der Waals surface area contributed by atoms with E-state index in [0.717, 1.165) is 36.4 Å². The summed E-state index contributed by atoms with van der Waals surface area (Å²) in [4.78, 5) is 12.5. The molecule has 0 saturated carbocycles. The third-order valence-corrected chi connectivity index (χ3v) is 4.90. The summed E-state index contributed by atoms with van der Waals surface area (Å²) in [5, 5.41) is 21.4. The minimum Gasteiger partial charge on any atom is -0.423 e. The van der Waals surface area contributed by atoms with Crippen LogP contribution >= 0.6 is 0 Å². The third-order valence-electron chi connectivity index (χ3n) is 4.19. The van der Waals surface area contributed by atoms with Crippen molar-refractivity contribution in [3.63, 3.8) is 0 Å². The van der Waals surface area contributed by atoms with Gasteiger partial charge in [0, 0.05) is 22.8 Å². The van der Waals surface area contributed by atoms with Gasteiger partial charge in [-0.3, -0.25) is 9.35 Å². The number of rotatable bonds is 6. The lowest BCUT2D eigenvalue weighted by Crippen LogP contribution is -2.36. The van der Waals surface area contributed by atoms with E-state index in [-0.39, 0.29) is 22.4 Å². The fourth-order valence-corrected chi connectivity index (χ4v) is 3.42. The van der Waals surface area contributed by atoms with Crippen LogP contribution in [-0.2, 0) is 11.3 Å². The Kier molecular flexibility index (Phi) is 6.76. The Hall–Kier alpha value is -3.19. The number of carbonyl (C=O) groups excluding carboxylic acids is 1. The highest BCUT2D eigenvalue weighted by Crippen LogP contribution is 2.29. The number of anilines is 3. The van der Waals surface area contributed by atoms with Gasteiger partial charge in [-0.2, -0.15) is 0 Å². The van der Waals surface area contributed by atoms with E-state index in [9.17, 15) is 36.8 Å². The van der Waals surface area contributed by atoms with Gasteiger partial charge < -0.3 is 15.4 Å². The standard InChI is InChI=1S/C19H14BF3N2O5S/c21-14-8-6-12(10-16(14)23)24-19(26)11-5-7-15(22)18(9-11)25(31(29)30)17-4-2-1-3-13(17)20(27)28/h1-10,27-28H,(H,24,26)(H,29,30). The van der Waals surface area contributed by atoms with Crippen molar-refractivity contribution in [2.24, 2.45) is 0 Å². The number of carbonyl (C=O) groups is 1. The van der Waals surface area contributed by atoms with Crippen LogP contribution in [0.1, 0.15) is 10.4 Å². The summed E-state index contributed by atoms with van der Waals surface area (Å²) in [7, 11) is -2.02. The molecule has 0 heterocycles. The number of nitrogens with zero attached hydrogens (tertiary/aromatic N) is 1. The minimum absolute atomic E-state index is 0.0638. The number of halogens is 3. The van der Waals surface area contributed by atoms with Gasteiger partial charge in [0.25, 0.3) is 17.2 Å². The van der Waals surface area contributed by atoms with E-state index in [0.29, 0.717) is 4.31 Å². The second-order valence-electron chi connectivity index (χ2n) is 6.21. The molecule has 0 aliphatic rings. The maximum absolute atomic E-state index is 14.6. The van der Waals surface area contributed by atoms with E-state index in [1.165, 1.54) is 24.3 Å². The predicted molar refractivity (Wildman–Crippen MR) is 110 cm³/mol. The molecule has 1 unspecified atom stereocenters. The van der Waals surface area contributed by atoms with Gasteiger partial charge >= 0.3 is 7.12 Å². The fraction of sp³-hybridized carbons (Fsp3) is 0. The van der Waals surface area contributed by atoms with Crippen LogP contribution in [0, 0.1) is 17.5 Å². The molecule has 31 heavy (non-hydrogen) atoms. The molecule has 0 bridgehead atoms. The van der Waals surface area contributed by atoms with Gasteiger partial charge in [-0.05, 0) is 36.4 Å². The summed E-state index contributed by atoms with van der Waals surface area (Å²) in [6.07, 6.45) is 0. The van der Waals surface area contributed by atoms with Gasteiger partial charge in [0.15, 0.2) is 11.6 Å². The Morgan fingerprint density at radius 3 is 2.23 bits per heavy atom. The van der Waals surface area contributed by atoms with Gasteiger partial charge in [0.1, 0.15) is 5.82 Å². The maximum atomic E-state index is 14.6. The molecule has 1 amide bonds. The first-order valence-electron chi connectivity index (χ1n) is 8.61. The molecule has 1 atom stereocenters. The highest BCUT2D eigenvalue weighted by molar-refractivity contribution is 7.81. The van der Waals surface area contributed by atoms with Crippen LogP contribution in [0.2, 0.25) is 0 Å². The van der Waals surface area contributed by atoms with Crippen molar-refractivity contribution in [2.75, 3.05) is 9.62 Å². The van der Waals surface area contributed by atoms with Crippen LogP contribution in [0.25, 0.3) is 0 Å². The molecule has 0 aromatic heterocycles. The number of hydrogen-bond donors (Lipinski definition) is 4. The monoisotopic (exact) mass is 450 g/mol. The molecule has 0 saturated heterocycles. The zero-order valence-corrected chi connectivity index (χ0v) is 16.3. The molecular weight excluding hydrogens is 436 g/mol. The van der Waals surface area contributed by atoms with E-state index in [1.807, 2.05) is 0 Å². The second-order valence-corrected chi connectivity index (χ2v) is 7.03. The number of amides is 1. The highest BCUT2D eigenvalue weighted by Gasteiger charge is 2.26. The smallest absolute Gasteiger partial charge is 0.423 e. The zero-order valence-electron chi connectivity index (χ0n) is 15.5. The van der Waals surface area contributed by atoms with Crippen LogP contribution in [0.3, 0.4) is 0 Å². The van der Waals surface area contributed by atoms with Crippen LogP contribution in [0.5, 0.6) is 0 Å². The Balaban J connectivity index is 2.01. The lowest BCUT2D eigenvalue weighted by Gasteiger charge is -2.23. The molecule has 160 valence electrons. The van der Waals surface area contributed by atoms with Gasteiger partial charge in [-0.1, -0.05) is 18.2 Å². The quantitative estimate of drug-likeness (QED) is 0.341. The van der Waals surface area contributed by atoms with E-state index in [4.69, 9.17) is 0 Å². The molecule has 0 fully saturated rings. The first kappa shape index (κ1) is 22.5. The second kappa shape index (κ2) is 9.31. The summed E-state index contributed by atoms with van der Waals surface area (Å²) in [5.74, 6) is -4.09. The summed E-state index contributed by atoms with van der Waals surface area (Å²) in [5.41, 5.74) is -1.10. The molecule has 3 aromatic carbocycles. The van der Waals surface area contributed by atoms with E-state index in [1.54, 1.807) is 0 Å². The average Bonchev–Trinajstić information content (AvgIpc) is 2.72. The van der Waals surface area contributed by atoms with Crippen molar-refractivity contribution in [2.45, 2.75) is 0 Å². The SMILES string of the molecule is O=C(Nc1ccc(F)c(F)c1)c1ccc(F)c(N(c2ccccc2B(O)O)S(=O)O)c1. The summed E-state index contributed by atoms with van der Waals surface area (Å²) >= 11 is -2.86. The Bertz CT molecular complexity index is 1170. The molecular formula is C19H14BF3N2O5S. The van der Waals surface area contributed by atoms with Gasteiger partial charge in [0.05, 0.1) is 11.4 Å². The third kappa shape index (κ3) is 4.94. The van der Waals surface area contributed by atoms with Crippen LogP contribution in [-0.4, -0.2) is 31.8 Å². The number of nitrogens with one attached hydrogen (secondary N) is 1. The predicted octanol–water partition coefficient (Wildman–Crippen LogP) is 2.31. The molecule has 7 nitrogen and oxygen atoms in total. The van der Waals surface area contributed by atoms with Gasteiger partial charge in [0.2, 0.25) is 0 Å². The number of para-hydroxylation sites is 1. The normalized spacial score (nSPS) is 11.7. The molecule has 0 aliphatic heterocycles. The lowest BCUT2D eigenvalue weighted by molar-refractivity contribution is 0.102. The molecule has 3 aromatic rings. The van der Waals surface area contributed by atoms with Crippen molar-refractivity contribution in [3.8, 4) is 0 Å². The lowest BCUT2D eigenvalue weighted by atomic mass is 9.79. The van der Waals surface area contributed by atoms with Gasteiger partial charge in [-0.15, -0.1) is 0 Å². The minimum atomic E-state index is -2.86. The Morgan fingerprint density at radius 2 is 1.58 bits per heavy atom. The fourth-order valence-electron chi connectivity index (χ4n) is 2.78. The van der Waals surface area contributed by atoms with E-state index in [2.05, 4.69) is 5.32 Å². The molecule has 12 heteroatoms. The van der Waals surface area contributed by atoms with Crippen molar-refractivity contribution < 1.29 is 36.8 Å². The van der Waals surface area contributed by atoms with Crippen LogP contribution < -0.4 is 15.1 Å². The number of benzene rings is 3. The molecule has 0 spiro atoms. The molecule has 0 radical (unpaired) electrons. The summed E-state index contributed by atoms with van der Waals surface area (Å²) in [6, 6.07) is 11.0. The first-order chi connectivity index (χ1) is 14.7. The van der Waals surface area contributed by atoms with Crippen LogP contribution in [0.15, 0.2) is 60.7 Å². The van der Waals surface area contributed by atoms with Crippen molar-refractivity contribution in [3.05, 3.63) is 83.7 Å². The molecule has 3 rings (SSSR count). The average molecular weight is 450 g/mol. The number of hydrogen-bond acceptors (Lipinski definition) is 4.